The quantitative estimate of drug-likeness (QED) is 0.126. The number of ether oxygens (including phenoxy) is 5. The van der Waals surface area contributed by atoms with Crippen LogP contribution in [0.3, 0.4) is 0 Å². The molecular weight excluding hydrogens is 773 g/mol. The summed E-state index contributed by atoms with van der Waals surface area (Å²) in [5.74, 6) is 1.23. The number of thioether (sulfide) groups is 2. The van der Waals surface area contributed by atoms with Gasteiger partial charge in [0, 0.05) is 9.79 Å². The van der Waals surface area contributed by atoms with E-state index in [2.05, 4.69) is 88.4 Å². The van der Waals surface area contributed by atoms with Crippen LogP contribution in [0.25, 0.3) is 0 Å². The molecule has 7 rings (SSSR count). The van der Waals surface area contributed by atoms with Crippen molar-refractivity contribution in [1.82, 2.24) is 0 Å². The molecule has 10 atom stereocenters. The summed E-state index contributed by atoms with van der Waals surface area (Å²) in [6.07, 6.45) is -1.19. The number of benzene rings is 5. The smallest absolute Gasteiger partial charge is 0.136 e. The molecule has 8 heteroatoms. The maximum atomic E-state index is 11.0. The van der Waals surface area contributed by atoms with Gasteiger partial charge < -0.3 is 28.8 Å². The molecule has 318 valence electrons. The fraction of sp³-hybridized carbons (Fsp3) is 0.412. The van der Waals surface area contributed by atoms with Gasteiger partial charge >= 0.3 is 0 Å². The maximum Gasteiger partial charge on any atom is 0.136 e. The van der Waals surface area contributed by atoms with E-state index in [1.807, 2.05) is 91.0 Å². The topological polar surface area (TPSA) is 66.4 Å². The Morgan fingerprint density at radius 3 is 1.20 bits per heavy atom. The lowest BCUT2D eigenvalue weighted by Crippen LogP contribution is -2.43. The summed E-state index contributed by atoms with van der Waals surface area (Å²) in [6.45, 7) is 11.7. The van der Waals surface area contributed by atoms with E-state index < -0.39 is 6.10 Å². The molecule has 2 fully saturated rings. The lowest BCUT2D eigenvalue weighted by molar-refractivity contribution is -0.124. The van der Waals surface area contributed by atoms with Gasteiger partial charge in [0.25, 0.3) is 0 Å². The highest BCUT2D eigenvalue weighted by Gasteiger charge is 2.42. The van der Waals surface area contributed by atoms with Crippen molar-refractivity contribution in [3.63, 3.8) is 0 Å². The molecule has 0 radical (unpaired) electrons. The van der Waals surface area contributed by atoms with Crippen molar-refractivity contribution >= 4 is 23.5 Å². The van der Waals surface area contributed by atoms with Gasteiger partial charge in [-0.2, -0.15) is 0 Å². The van der Waals surface area contributed by atoms with E-state index in [9.17, 15) is 5.11 Å². The van der Waals surface area contributed by atoms with Crippen molar-refractivity contribution in [2.75, 3.05) is 13.2 Å². The van der Waals surface area contributed by atoms with Gasteiger partial charge in [-0.3, -0.25) is 0 Å². The highest BCUT2D eigenvalue weighted by molar-refractivity contribution is 8.00. The molecule has 6 nitrogen and oxygen atoms in total. The lowest BCUT2D eigenvalue weighted by atomic mass is 9.89. The van der Waals surface area contributed by atoms with Gasteiger partial charge in [-0.1, -0.05) is 193 Å². The Kier molecular flexibility index (Phi) is 20.7. The zero-order chi connectivity index (χ0) is 39.8. The third-order valence-electron chi connectivity index (χ3n) is 10.9. The first kappa shape index (κ1) is 48.2. The highest BCUT2D eigenvalue weighted by atomic mass is 32.2. The Balaban J connectivity index is 0.000000259. The Morgan fingerprint density at radius 1 is 0.458 bits per heavy atom. The van der Waals surface area contributed by atoms with E-state index in [0.29, 0.717) is 50.8 Å². The molecule has 2 aliphatic heterocycles. The molecule has 2 heterocycles. The summed E-state index contributed by atoms with van der Waals surface area (Å²) in [6, 6.07) is 51.3. The molecule has 0 aliphatic carbocycles. The Bertz CT molecular complexity index is 1820. The predicted molar refractivity (Wildman–Crippen MR) is 245 cm³/mol. The molecule has 0 saturated carbocycles. The summed E-state index contributed by atoms with van der Waals surface area (Å²) in [4.78, 5) is 2.27. The number of aliphatic hydroxyl groups is 1. The van der Waals surface area contributed by atoms with E-state index in [1.54, 1.807) is 23.5 Å². The zero-order valence-electron chi connectivity index (χ0n) is 33.5. The van der Waals surface area contributed by atoms with Crippen LogP contribution < -0.4 is 0 Å². The molecule has 5 aromatic rings. The molecule has 0 aromatic heterocycles. The van der Waals surface area contributed by atoms with Crippen molar-refractivity contribution in [3.05, 3.63) is 168 Å². The van der Waals surface area contributed by atoms with Crippen molar-refractivity contribution in [1.29, 1.82) is 0 Å². The van der Waals surface area contributed by atoms with Crippen LogP contribution in [0.4, 0.5) is 0 Å². The minimum absolute atomic E-state index is 0. The SMILES string of the molecule is C.C.C[C@H]1[C@H](OCc2ccccc2)[C@H](O)[C@@H](Sc2ccccc2)OC[C@H]1C.C[C@H]1[C@H](OCc2ccccc2)[C@H](OCc2ccccc2)[C@@H](Sc2ccccc2)OC[C@H]1C. The second kappa shape index (κ2) is 25.4. The van der Waals surface area contributed by atoms with Crippen molar-refractivity contribution in [2.45, 2.75) is 107 Å². The molecule has 59 heavy (non-hydrogen) atoms. The van der Waals surface area contributed by atoms with Gasteiger partial charge in [-0.05, 0) is 64.6 Å². The summed E-state index contributed by atoms with van der Waals surface area (Å²) in [5.41, 5.74) is 2.98. The minimum atomic E-state index is -0.672. The number of aliphatic hydroxyl groups excluding tert-OH is 1. The predicted octanol–water partition coefficient (Wildman–Crippen LogP) is 12.2. The van der Waals surface area contributed by atoms with Crippen LogP contribution in [0.1, 0.15) is 59.2 Å². The first-order valence-electron chi connectivity index (χ1n) is 20.2. The van der Waals surface area contributed by atoms with Crippen molar-refractivity contribution in [3.8, 4) is 0 Å². The molecule has 0 bridgehead atoms. The van der Waals surface area contributed by atoms with Crippen LogP contribution in [-0.4, -0.2) is 53.6 Å². The monoisotopic (exact) mass is 838 g/mol. The molecule has 0 amide bonds. The second-order valence-electron chi connectivity index (χ2n) is 15.2. The first-order chi connectivity index (χ1) is 27.9. The third kappa shape index (κ3) is 14.6. The summed E-state index contributed by atoms with van der Waals surface area (Å²) < 4.78 is 31.8. The fourth-order valence-electron chi connectivity index (χ4n) is 7.00. The van der Waals surface area contributed by atoms with Gasteiger partial charge in [0.2, 0.25) is 0 Å². The lowest BCUT2D eigenvalue weighted by Gasteiger charge is -2.34. The average Bonchev–Trinajstić information content (AvgIpc) is 3.43. The van der Waals surface area contributed by atoms with Crippen LogP contribution >= 0.6 is 23.5 Å². The number of hydrogen-bond acceptors (Lipinski definition) is 8. The normalized spacial score (nSPS) is 26.7. The van der Waals surface area contributed by atoms with Crippen LogP contribution in [0.2, 0.25) is 0 Å². The maximum absolute atomic E-state index is 11.0. The summed E-state index contributed by atoms with van der Waals surface area (Å²) >= 11 is 3.29. The van der Waals surface area contributed by atoms with Crippen LogP contribution in [0, 0.1) is 23.7 Å². The minimum Gasteiger partial charge on any atom is -0.387 e. The van der Waals surface area contributed by atoms with Gasteiger partial charge in [-0.15, -0.1) is 0 Å². The molecule has 2 saturated heterocycles. The zero-order valence-corrected chi connectivity index (χ0v) is 35.2. The summed E-state index contributed by atoms with van der Waals surface area (Å²) in [7, 11) is 0. The number of rotatable bonds is 13. The van der Waals surface area contributed by atoms with E-state index in [-0.39, 0.29) is 50.0 Å². The Morgan fingerprint density at radius 2 is 0.780 bits per heavy atom. The number of hydrogen-bond donors (Lipinski definition) is 1. The molecule has 1 N–H and O–H groups in total. The van der Waals surface area contributed by atoms with Gasteiger partial charge in [0.05, 0.1) is 45.2 Å². The van der Waals surface area contributed by atoms with E-state index in [1.165, 1.54) is 10.5 Å². The van der Waals surface area contributed by atoms with E-state index in [0.717, 1.165) is 16.0 Å². The fourth-order valence-corrected chi connectivity index (χ4v) is 9.12. The Labute approximate surface area is 363 Å². The first-order valence-corrected chi connectivity index (χ1v) is 21.9. The van der Waals surface area contributed by atoms with Crippen LogP contribution in [-0.2, 0) is 43.5 Å². The largest absolute Gasteiger partial charge is 0.387 e. The van der Waals surface area contributed by atoms with E-state index >= 15 is 0 Å². The van der Waals surface area contributed by atoms with E-state index in [4.69, 9.17) is 23.7 Å². The van der Waals surface area contributed by atoms with Gasteiger partial charge in [0.1, 0.15) is 23.1 Å². The second-order valence-corrected chi connectivity index (χ2v) is 17.6. The van der Waals surface area contributed by atoms with Gasteiger partial charge in [0.15, 0.2) is 0 Å². The van der Waals surface area contributed by atoms with Crippen molar-refractivity contribution < 1.29 is 28.8 Å². The van der Waals surface area contributed by atoms with Crippen LogP contribution in [0.15, 0.2) is 161 Å². The van der Waals surface area contributed by atoms with Crippen LogP contribution in [0.5, 0.6) is 0 Å². The standard InChI is InChI=1S/C28H32O3S.C21H26O3S.2CH4/c1-21-18-31-28(32-25-16-10-5-11-17-25)27(30-20-24-14-8-4-9-15-24)26(22(21)2)29-19-23-12-6-3-7-13-23;1-15-13-24-21(25-18-11-7-4-8-12-18)19(22)20(16(15)2)23-14-17-9-5-3-6-10-17;;/h3-17,21-22,26-28H,18-20H2,1-2H3;3-12,15-16,19-22H,13-14H2,1-2H3;2*1H4/t21-,22-,26+,27+,28-;15-,16-,19+,20+,21-;;/m11../s1. The molecular formula is C51H66O6S2. The molecule has 5 aromatic carbocycles. The Hall–Kier alpha value is -3.44. The summed E-state index contributed by atoms with van der Waals surface area (Å²) in [5, 5.41) is 11.0. The molecule has 0 spiro atoms. The average molecular weight is 839 g/mol. The molecule has 0 unspecified atom stereocenters. The van der Waals surface area contributed by atoms with Gasteiger partial charge in [-0.25, -0.2) is 0 Å². The third-order valence-corrected chi connectivity index (χ3v) is 13.3. The van der Waals surface area contributed by atoms with Crippen molar-refractivity contribution in [2.24, 2.45) is 23.7 Å². The molecule has 2 aliphatic rings. The highest BCUT2D eigenvalue weighted by Crippen LogP contribution is 2.38.